The van der Waals surface area contributed by atoms with Crippen LogP contribution in [0.5, 0.6) is 0 Å². The van der Waals surface area contributed by atoms with Crippen LogP contribution in [0, 0.1) is 0 Å². The second-order valence-electron chi connectivity index (χ2n) is 4.05. The highest BCUT2D eigenvalue weighted by molar-refractivity contribution is 7.85. The fourth-order valence-corrected chi connectivity index (χ4v) is 3.37. The van der Waals surface area contributed by atoms with E-state index in [1.54, 1.807) is 6.26 Å². The monoisotopic (exact) mass is 219 g/mol. The average molecular weight is 219 g/mol. The van der Waals surface area contributed by atoms with E-state index in [0.717, 1.165) is 12.8 Å². The van der Waals surface area contributed by atoms with Gasteiger partial charge in [0.05, 0.1) is 18.5 Å². The van der Waals surface area contributed by atoms with Crippen molar-refractivity contribution in [3.05, 3.63) is 0 Å². The van der Waals surface area contributed by atoms with E-state index in [9.17, 15) is 4.21 Å². The molecule has 4 nitrogen and oxygen atoms in total. The summed E-state index contributed by atoms with van der Waals surface area (Å²) in [6, 6.07) is 0.0271. The van der Waals surface area contributed by atoms with Gasteiger partial charge in [-0.25, -0.2) is 0 Å². The van der Waals surface area contributed by atoms with Crippen molar-refractivity contribution in [2.24, 2.45) is 5.73 Å². The van der Waals surface area contributed by atoms with Gasteiger partial charge in [-0.1, -0.05) is 0 Å². The van der Waals surface area contributed by atoms with Gasteiger partial charge >= 0.3 is 0 Å². The first-order valence-electron chi connectivity index (χ1n) is 4.99. The molecule has 2 rings (SSSR count). The molecule has 1 spiro atoms. The van der Waals surface area contributed by atoms with E-state index in [-0.39, 0.29) is 11.3 Å². The Kier molecular flexibility index (Phi) is 2.93. The molecule has 1 saturated carbocycles. The second kappa shape index (κ2) is 3.89. The van der Waals surface area contributed by atoms with Crippen molar-refractivity contribution in [3.63, 3.8) is 0 Å². The summed E-state index contributed by atoms with van der Waals surface area (Å²) in [5.41, 5.74) is 5.93. The summed E-state index contributed by atoms with van der Waals surface area (Å²) >= 11 is 0. The van der Waals surface area contributed by atoms with Gasteiger partial charge in [0.15, 0.2) is 5.79 Å². The van der Waals surface area contributed by atoms with Crippen LogP contribution in [0.2, 0.25) is 0 Å². The van der Waals surface area contributed by atoms with Gasteiger partial charge in [0, 0.05) is 35.9 Å². The van der Waals surface area contributed by atoms with Gasteiger partial charge in [-0.05, 0) is 6.42 Å². The number of hydrogen-bond donors (Lipinski definition) is 1. The molecule has 0 aromatic heterocycles. The Hall–Kier alpha value is 0.0300. The van der Waals surface area contributed by atoms with Crippen LogP contribution in [-0.2, 0) is 20.3 Å². The minimum Gasteiger partial charge on any atom is -0.347 e. The minimum atomic E-state index is -0.889. The fraction of sp³-hybridized carbons (Fsp3) is 1.00. The zero-order valence-corrected chi connectivity index (χ0v) is 9.22. The van der Waals surface area contributed by atoms with Gasteiger partial charge in [-0.2, -0.15) is 0 Å². The summed E-state index contributed by atoms with van der Waals surface area (Å²) < 4.78 is 22.7. The number of rotatable bonds is 1. The Bertz CT molecular complexity index is 240. The van der Waals surface area contributed by atoms with E-state index in [1.807, 2.05) is 0 Å². The van der Waals surface area contributed by atoms with Gasteiger partial charge in [0.2, 0.25) is 0 Å². The highest BCUT2D eigenvalue weighted by Gasteiger charge is 2.45. The standard InChI is InChI=1S/C9H17NO3S/c1-14(11)8-6-9(3-2-7(8)10)12-4-5-13-9/h7-8H,2-6,10H2,1H3. The summed E-state index contributed by atoms with van der Waals surface area (Å²) in [5, 5.41) is 0.0156. The lowest BCUT2D eigenvalue weighted by Gasteiger charge is -2.38. The molecule has 14 heavy (non-hydrogen) atoms. The van der Waals surface area contributed by atoms with Crippen molar-refractivity contribution in [2.75, 3.05) is 19.5 Å². The van der Waals surface area contributed by atoms with Crippen LogP contribution in [0.4, 0.5) is 0 Å². The molecule has 0 radical (unpaired) electrons. The molecule has 1 aliphatic carbocycles. The lowest BCUT2D eigenvalue weighted by atomic mass is 9.90. The van der Waals surface area contributed by atoms with Gasteiger partial charge in [-0.3, -0.25) is 4.21 Å². The number of ether oxygens (including phenoxy) is 2. The summed E-state index contributed by atoms with van der Waals surface area (Å²) in [5.74, 6) is -0.466. The van der Waals surface area contributed by atoms with E-state index >= 15 is 0 Å². The van der Waals surface area contributed by atoms with E-state index in [4.69, 9.17) is 15.2 Å². The van der Waals surface area contributed by atoms with Crippen LogP contribution >= 0.6 is 0 Å². The molecular weight excluding hydrogens is 202 g/mol. The summed E-state index contributed by atoms with van der Waals surface area (Å²) in [6.45, 7) is 1.30. The lowest BCUT2D eigenvalue weighted by Crippen LogP contribution is -2.50. The van der Waals surface area contributed by atoms with Crippen LogP contribution in [0.15, 0.2) is 0 Å². The highest BCUT2D eigenvalue weighted by atomic mass is 32.2. The Labute approximate surface area is 86.6 Å². The SMILES string of the molecule is CS(=O)C1CC2(CCC1N)OCCO2. The van der Waals surface area contributed by atoms with Crippen molar-refractivity contribution < 1.29 is 13.7 Å². The maximum absolute atomic E-state index is 11.5. The van der Waals surface area contributed by atoms with Crippen LogP contribution in [0.3, 0.4) is 0 Å². The maximum atomic E-state index is 11.5. The summed E-state index contributed by atoms with van der Waals surface area (Å²) in [7, 11) is -0.889. The third-order valence-electron chi connectivity index (χ3n) is 3.09. The molecule has 2 aliphatic rings. The molecule has 0 aromatic rings. The Morgan fingerprint density at radius 1 is 1.43 bits per heavy atom. The summed E-state index contributed by atoms with van der Waals surface area (Å²) in [4.78, 5) is 0. The zero-order chi connectivity index (χ0) is 10.2. The van der Waals surface area contributed by atoms with Crippen molar-refractivity contribution in [2.45, 2.75) is 36.3 Å². The van der Waals surface area contributed by atoms with Crippen LogP contribution in [-0.4, -0.2) is 40.8 Å². The third-order valence-corrected chi connectivity index (χ3v) is 4.46. The molecule has 2 N–H and O–H groups in total. The van der Waals surface area contributed by atoms with Crippen molar-refractivity contribution >= 4 is 10.8 Å². The largest absolute Gasteiger partial charge is 0.347 e. The molecular formula is C9H17NO3S. The molecule has 0 amide bonds. The molecule has 5 heteroatoms. The predicted octanol–water partition coefficient (Wildman–Crippen LogP) is -0.0122. The van der Waals surface area contributed by atoms with Crippen molar-refractivity contribution in [1.29, 1.82) is 0 Å². The normalized spacial score (nSPS) is 38.7. The first-order valence-corrected chi connectivity index (χ1v) is 6.61. The molecule has 1 saturated heterocycles. The second-order valence-corrected chi connectivity index (χ2v) is 5.65. The molecule has 2 fully saturated rings. The number of hydrogen-bond acceptors (Lipinski definition) is 4. The molecule has 0 aromatic carbocycles. The smallest absolute Gasteiger partial charge is 0.169 e. The Morgan fingerprint density at radius 3 is 2.64 bits per heavy atom. The highest BCUT2D eigenvalue weighted by Crippen LogP contribution is 2.36. The van der Waals surface area contributed by atoms with E-state index in [0.29, 0.717) is 19.6 Å². The van der Waals surface area contributed by atoms with E-state index in [2.05, 4.69) is 0 Å². The van der Waals surface area contributed by atoms with Crippen LogP contribution in [0.1, 0.15) is 19.3 Å². The van der Waals surface area contributed by atoms with Gasteiger partial charge < -0.3 is 15.2 Å². The Morgan fingerprint density at radius 2 is 2.07 bits per heavy atom. The predicted molar refractivity (Wildman–Crippen MR) is 54.3 cm³/mol. The van der Waals surface area contributed by atoms with Gasteiger partial charge in [0.25, 0.3) is 0 Å². The zero-order valence-electron chi connectivity index (χ0n) is 8.40. The van der Waals surface area contributed by atoms with Gasteiger partial charge in [0.1, 0.15) is 0 Å². The minimum absolute atomic E-state index is 0.0156. The van der Waals surface area contributed by atoms with E-state index < -0.39 is 16.6 Å². The first-order chi connectivity index (χ1) is 6.63. The van der Waals surface area contributed by atoms with Crippen LogP contribution < -0.4 is 5.73 Å². The molecule has 3 atom stereocenters. The van der Waals surface area contributed by atoms with E-state index in [1.165, 1.54) is 0 Å². The van der Waals surface area contributed by atoms with Crippen LogP contribution in [0.25, 0.3) is 0 Å². The Balaban J connectivity index is 2.08. The molecule has 1 heterocycles. The molecule has 1 aliphatic heterocycles. The lowest BCUT2D eigenvalue weighted by molar-refractivity contribution is -0.177. The van der Waals surface area contributed by atoms with Crippen molar-refractivity contribution in [1.82, 2.24) is 0 Å². The molecule has 3 unspecified atom stereocenters. The maximum Gasteiger partial charge on any atom is 0.169 e. The number of nitrogens with two attached hydrogens (primary N) is 1. The average Bonchev–Trinajstić information content (AvgIpc) is 2.58. The quantitative estimate of drug-likeness (QED) is 0.673. The fourth-order valence-electron chi connectivity index (χ4n) is 2.26. The first kappa shape index (κ1) is 10.5. The van der Waals surface area contributed by atoms with Gasteiger partial charge in [-0.15, -0.1) is 0 Å². The van der Waals surface area contributed by atoms with Crippen molar-refractivity contribution in [3.8, 4) is 0 Å². The topological polar surface area (TPSA) is 61.6 Å². The molecule has 0 bridgehead atoms. The summed E-state index contributed by atoms with van der Waals surface area (Å²) in [6.07, 6.45) is 4.06. The molecule has 82 valence electrons. The third kappa shape index (κ3) is 1.86.